The van der Waals surface area contributed by atoms with Crippen molar-refractivity contribution in [3.05, 3.63) is 42.6 Å². The number of nitrogens with zero attached hydrogens (tertiary/aromatic N) is 3. The Hall–Kier alpha value is -1.92. The van der Waals surface area contributed by atoms with Gasteiger partial charge in [0.2, 0.25) is 5.91 Å². The Kier molecular flexibility index (Phi) is 6.84. The van der Waals surface area contributed by atoms with Crippen LogP contribution in [0, 0.1) is 0 Å². The van der Waals surface area contributed by atoms with Gasteiger partial charge in [0.05, 0.1) is 6.04 Å². The second-order valence-corrected chi connectivity index (χ2v) is 4.61. The summed E-state index contributed by atoms with van der Waals surface area (Å²) in [6, 6.07) is 3.34. The molecule has 2 aromatic rings. The molecule has 6 nitrogen and oxygen atoms in total. The quantitative estimate of drug-likeness (QED) is 0.845. The summed E-state index contributed by atoms with van der Waals surface area (Å²) in [5, 5.41) is 2.84. The molecule has 0 radical (unpaired) electrons. The van der Waals surface area contributed by atoms with Crippen LogP contribution in [0.25, 0.3) is 5.82 Å². The van der Waals surface area contributed by atoms with Gasteiger partial charge in [0, 0.05) is 25.1 Å². The minimum Gasteiger partial charge on any atom is -0.351 e. The molecule has 1 unspecified atom stereocenters. The lowest BCUT2D eigenvalue weighted by Crippen LogP contribution is -2.40. The van der Waals surface area contributed by atoms with Crippen LogP contribution in [0.1, 0.15) is 25.3 Å². The Balaban J connectivity index is 0.00000220. The fourth-order valence-corrected chi connectivity index (χ4v) is 1.87. The summed E-state index contributed by atoms with van der Waals surface area (Å²) in [7, 11) is 0. The molecule has 2 aromatic heterocycles. The van der Waals surface area contributed by atoms with Gasteiger partial charge in [0.1, 0.15) is 12.1 Å². The van der Waals surface area contributed by atoms with Crippen LogP contribution >= 0.6 is 12.4 Å². The molecule has 2 heterocycles. The van der Waals surface area contributed by atoms with E-state index >= 15 is 0 Å². The third-order valence-corrected chi connectivity index (χ3v) is 2.98. The molecule has 0 aromatic carbocycles. The molecular formula is C14H20ClN5O. The number of hydrogen-bond donors (Lipinski definition) is 2. The van der Waals surface area contributed by atoms with Crippen molar-refractivity contribution >= 4 is 18.3 Å². The van der Waals surface area contributed by atoms with E-state index in [2.05, 4.69) is 15.3 Å². The van der Waals surface area contributed by atoms with E-state index in [0.717, 1.165) is 17.8 Å². The summed E-state index contributed by atoms with van der Waals surface area (Å²) in [5.41, 5.74) is 6.74. The predicted octanol–water partition coefficient (Wildman–Crippen LogP) is 1.43. The number of carbonyl (C=O) groups is 1. The highest BCUT2D eigenvalue weighted by molar-refractivity contribution is 5.85. The molecular weight excluding hydrogens is 290 g/mol. The zero-order valence-corrected chi connectivity index (χ0v) is 12.7. The molecule has 7 heteroatoms. The van der Waals surface area contributed by atoms with E-state index in [0.29, 0.717) is 13.0 Å². The van der Waals surface area contributed by atoms with Gasteiger partial charge >= 0.3 is 0 Å². The van der Waals surface area contributed by atoms with Crippen molar-refractivity contribution in [2.24, 2.45) is 5.73 Å². The Bertz CT molecular complexity index is 558. The van der Waals surface area contributed by atoms with E-state index < -0.39 is 6.04 Å². The normalized spacial score (nSPS) is 11.5. The first-order valence-electron chi connectivity index (χ1n) is 6.67. The van der Waals surface area contributed by atoms with E-state index in [-0.39, 0.29) is 18.3 Å². The van der Waals surface area contributed by atoms with Crippen molar-refractivity contribution in [2.45, 2.75) is 32.4 Å². The van der Waals surface area contributed by atoms with Crippen LogP contribution in [0.3, 0.4) is 0 Å². The maximum atomic E-state index is 11.8. The monoisotopic (exact) mass is 309 g/mol. The van der Waals surface area contributed by atoms with Gasteiger partial charge in [-0.3, -0.25) is 9.36 Å². The first-order valence-corrected chi connectivity index (χ1v) is 6.67. The molecule has 0 fully saturated rings. The maximum absolute atomic E-state index is 11.8. The van der Waals surface area contributed by atoms with Gasteiger partial charge in [-0.25, -0.2) is 9.97 Å². The number of rotatable bonds is 6. The Labute approximate surface area is 130 Å². The summed E-state index contributed by atoms with van der Waals surface area (Å²) >= 11 is 0. The van der Waals surface area contributed by atoms with E-state index in [9.17, 15) is 4.79 Å². The summed E-state index contributed by atoms with van der Waals surface area (Å²) in [5.74, 6) is 0.653. The van der Waals surface area contributed by atoms with Crippen LogP contribution in [0.2, 0.25) is 0 Å². The van der Waals surface area contributed by atoms with Crippen molar-refractivity contribution < 1.29 is 4.79 Å². The fourth-order valence-electron chi connectivity index (χ4n) is 1.87. The second kappa shape index (κ2) is 8.39. The Morgan fingerprint density at radius 2 is 2.29 bits per heavy atom. The summed E-state index contributed by atoms with van der Waals surface area (Å²) in [6.45, 7) is 2.45. The Morgan fingerprint density at radius 1 is 1.48 bits per heavy atom. The first kappa shape index (κ1) is 17.1. The number of pyridine rings is 1. The lowest BCUT2D eigenvalue weighted by Gasteiger charge is -2.11. The topological polar surface area (TPSA) is 85.8 Å². The van der Waals surface area contributed by atoms with Gasteiger partial charge in [0.15, 0.2) is 0 Å². The molecule has 3 N–H and O–H groups in total. The van der Waals surface area contributed by atoms with E-state index in [1.54, 1.807) is 18.7 Å². The molecule has 0 aliphatic heterocycles. The van der Waals surface area contributed by atoms with Crippen molar-refractivity contribution in [3.63, 3.8) is 0 Å². The maximum Gasteiger partial charge on any atom is 0.237 e. The van der Waals surface area contributed by atoms with Crippen molar-refractivity contribution in [1.82, 2.24) is 19.9 Å². The van der Waals surface area contributed by atoms with Crippen LogP contribution in [0.5, 0.6) is 0 Å². The largest absolute Gasteiger partial charge is 0.351 e. The fraction of sp³-hybridized carbons (Fsp3) is 0.357. The first-order chi connectivity index (χ1) is 9.70. The molecule has 0 aliphatic rings. The molecule has 1 atom stereocenters. The Morgan fingerprint density at radius 3 is 2.95 bits per heavy atom. The number of nitrogens with two attached hydrogens (primary N) is 1. The van der Waals surface area contributed by atoms with Gasteiger partial charge < -0.3 is 11.1 Å². The van der Waals surface area contributed by atoms with Crippen LogP contribution in [-0.2, 0) is 11.3 Å². The van der Waals surface area contributed by atoms with E-state index in [1.165, 1.54) is 0 Å². The minimum absolute atomic E-state index is 0. The molecule has 1 amide bonds. The molecule has 2 rings (SSSR count). The van der Waals surface area contributed by atoms with Crippen LogP contribution in [-0.4, -0.2) is 26.5 Å². The lowest BCUT2D eigenvalue weighted by molar-refractivity contribution is -0.122. The average molecular weight is 310 g/mol. The highest BCUT2D eigenvalue weighted by Gasteiger charge is 2.11. The number of halogens is 1. The van der Waals surface area contributed by atoms with Gasteiger partial charge in [-0.2, -0.15) is 0 Å². The molecule has 0 aliphatic carbocycles. The zero-order chi connectivity index (χ0) is 14.4. The highest BCUT2D eigenvalue weighted by atomic mass is 35.5. The third-order valence-electron chi connectivity index (χ3n) is 2.98. The number of hydrogen-bond acceptors (Lipinski definition) is 4. The summed E-state index contributed by atoms with van der Waals surface area (Å²) < 4.78 is 1.81. The molecule has 0 saturated heterocycles. The van der Waals surface area contributed by atoms with E-state index in [4.69, 9.17) is 5.73 Å². The molecule has 0 spiro atoms. The standard InChI is InChI=1S/C14H19N5O.ClH/c1-2-3-12(15)14(20)18-9-11-4-5-17-13(8-11)19-7-6-16-10-19;/h4-8,10,12H,2-3,9,15H2,1H3,(H,18,20);1H. The van der Waals surface area contributed by atoms with Crippen molar-refractivity contribution in [3.8, 4) is 5.82 Å². The van der Waals surface area contributed by atoms with Crippen LogP contribution in [0.15, 0.2) is 37.1 Å². The van der Waals surface area contributed by atoms with E-state index in [1.807, 2.05) is 29.8 Å². The van der Waals surface area contributed by atoms with Crippen LogP contribution < -0.4 is 11.1 Å². The SMILES string of the molecule is CCCC(N)C(=O)NCc1ccnc(-n2ccnc2)c1.Cl. The zero-order valence-electron chi connectivity index (χ0n) is 11.9. The third kappa shape index (κ3) is 4.84. The summed E-state index contributed by atoms with van der Waals surface area (Å²) in [6.07, 6.45) is 8.50. The summed E-state index contributed by atoms with van der Waals surface area (Å²) in [4.78, 5) is 20.0. The smallest absolute Gasteiger partial charge is 0.237 e. The highest BCUT2D eigenvalue weighted by Crippen LogP contribution is 2.06. The van der Waals surface area contributed by atoms with Crippen molar-refractivity contribution in [1.29, 1.82) is 0 Å². The lowest BCUT2D eigenvalue weighted by atomic mass is 10.1. The van der Waals surface area contributed by atoms with Gasteiger partial charge in [-0.1, -0.05) is 13.3 Å². The number of nitrogens with one attached hydrogen (secondary N) is 1. The van der Waals surface area contributed by atoms with Gasteiger partial charge in [-0.15, -0.1) is 12.4 Å². The predicted molar refractivity (Wildman–Crippen MR) is 83.3 cm³/mol. The average Bonchev–Trinajstić information content (AvgIpc) is 2.99. The number of carbonyl (C=O) groups excluding carboxylic acids is 1. The molecule has 0 bridgehead atoms. The molecule has 21 heavy (non-hydrogen) atoms. The number of amides is 1. The van der Waals surface area contributed by atoms with Gasteiger partial charge in [-0.05, 0) is 24.1 Å². The van der Waals surface area contributed by atoms with Crippen molar-refractivity contribution in [2.75, 3.05) is 0 Å². The molecule has 0 saturated carbocycles. The minimum atomic E-state index is -0.435. The van der Waals surface area contributed by atoms with Gasteiger partial charge in [0.25, 0.3) is 0 Å². The molecule has 114 valence electrons. The number of imidazole rings is 1. The number of aromatic nitrogens is 3. The second-order valence-electron chi connectivity index (χ2n) is 4.61. The van der Waals surface area contributed by atoms with Crippen LogP contribution in [0.4, 0.5) is 0 Å².